The molecule has 18 heavy (non-hydrogen) atoms. The number of carbonyl (C=O) groups excluding carboxylic acids is 1. The van der Waals surface area contributed by atoms with Gasteiger partial charge in [0.25, 0.3) is 5.91 Å². The van der Waals surface area contributed by atoms with Gasteiger partial charge in [-0.1, -0.05) is 37.0 Å². The number of nitrogens with one attached hydrogen (secondary N) is 1. The van der Waals surface area contributed by atoms with E-state index in [1.807, 2.05) is 0 Å². The molecule has 1 saturated carbocycles. The fraction of sp³-hybridized carbons (Fsp3) is 0.538. The molecule has 2 rings (SSSR count). The third-order valence-corrected chi connectivity index (χ3v) is 3.85. The second-order valence-corrected chi connectivity index (χ2v) is 6.34. The van der Waals surface area contributed by atoms with Crippen LogP contribution in [0.25, 0.3) is 0 Å². The van der Waals surface area contributed by atoms with Gasteiger partial charge in [-0.3, -0.25) is 4.79 Å². The van der Waals surface area contributed by atoms with E-state index >= 15 is 0 Å². The molecule has 0 aliphatic heterocycles. The molecule has 0 spiro atoms. The monoisotopic (exact) mass is 286 g/mol. The summed E-state index contributed by atoms with van der Waals surface area (Å²) in [5.41, 5.74) is 0.498. The molecule has 0 radical (unpaired) electrons. The number of amides is 1. The first kappa shape index (κ1) is 13.6. The minimum absolute atomic E-state index is 0.198. The van der Waals surface area contributed by atoms with Crippen molar-refractivity contribution in [3.63, 3.8) is 0 Å². The molecule has 1 aliphatic carbocycles. The van der Waals surface area contributed by atoms with Crippen molar-refractivity contribution in [1.29, 1.82) is 0 Å². The lowest BCUT2D eigenvalue weighted by Gasteiger charge is -2.17. The van der Waals surface area contributed by atoms with Gasteiger partial charge in [0.05, 0.1) is 5.02 Å². The molecule has 0 aromatic carbocycles. The van der Waals surface area contributed by atoms with Crippen LogP contribution < -0.4 is 5.32 Å². The lowest BCUT2D eigenvalue weighted by molar-refractivity contribution is 0.0931. The average molecular weight is 287 g/mol. The molecule has 98 valence electrons. The Balaban J connectivity index is 2.06. The lowest BCUT2D eigenvalue weighted by Crippen LogP contribution is -2.34. The largest absolute Gasteiger partial charge is 0.348 e. The van der Waals surface area contributed by atoms with E-state index in [1.165, 1.54) is 0 Å². The summed E-state index contributed by atoms with van der Waals surface area (Å²) in [7, 11) is 0. The fourth-order valence-electron chi connectivity index (χ4n) is 2.39. The molecule has 1 aromatic heterocycles. The number of hydrogen-bond donors (Lipinski definition) is 1. The molecule has 0 saturated heterocycles. The molecule has 1 N–H and O–H groups in total. The Labute approximate surface area is 117 Å². The SMILES string of the molecule is CC1(C)CCC(NC(=O)c2nc(Cl)ccc2Cl)C1. The van der Waals surface area contributed by atoms with Gasteiger partial charge in [0, 0.05) is 6.04 Å². The molecule has 3 nitrogen and oxygen atoms in total. The fourth-order valence-corrected chi connectivity index (χ4v) is 2.73. The van der Waals surface area contributed by atoms with E-state index in [0.29, 0.717) is 10.4 Å². The summed E-state index contributed by atoms with van der Waals surface area (Å²) >= 11 is 11.7. The Morgan fingerprint density at radius 1 is 1.44 bits per heavy atom. The van der Waals surface area contributed by atoms with Crippen molar-refractivity contribution in [2.75, 3.05) is 0 Å². The quantitative estimate of drug-likeness (QED) is 0.843. The van der Waals surface area contributed by atoms with Crippen LogP contribution in [-0.2, 0) is 0 Å². The van der Waals surface area contributed by atoms with Crippen LogP contribution in [0.5, 0.6) is 0 Å². The zero-order valence-electron chi connectivity index (χ0n) is 10.5. The second kappa shape index (κ2) is 5.06. The lowest BCUT2D eigenvalue weighted by atomic mass is 9.92. The van der Waals surface area contributed by atoms with Crippen molar-refractivity contribution in [2.45, 2.75) is 39.2 Å². The van der Waals surface area contributed by atoms with E-state index in [1.54, 1.807) is 12.1 Å². The highest BCUT2D eigenvalue weighted by Crippen LogP contribution is 2.37. The Bertz CT molecular complexity index is 474. The van der Waals surface area contributed by atoms with Gasteiger partial charge in [0.15, 0.2) is 0 Å². The van der Waals surface area contributed by atoms with Crippen molar-refractivity contribution in [1.82, 2.24) is 10.3 Å². The highest BCUT2D eigenvalue weighted by Gasteiger charge is 2.32. The summed E-state index contributed by atoms with van der Waals surface area (Å²) in [6.45, 7) is 4.42. The Morgan fingerprint density at radius 2 is 2.17 bits per heavy atom. The predicted molar refractivity (Wildman–Crippen MR) is 73.1 cm³/mol. The van der Waals surface area contributed by atoms with Crippen molar-refractivity contribution >= 4 is 29.1 Å². The number of rotatable bonds is 2. The van der Waals surface area contributed by atoms with E-state index in [0.717, 1.165) is 19.3 Å². The van der Waals surface area contributed by atoms with Crippen LogP contribution in [0.4, 0.5) is 0 Å². The summed E-state index contributed by atoms with van der Waals surface area (Å²) in [5.74, 6) is -0.245. The topological polar surface area (TPSA) is 42.0 Å². The molecular formula is C13H16Cl2N2O. The van der Waals surface area contributed by atoms with Gasteiger partial charge >= 0.3 is 0 Å². The number of pyridine rings is 1. The summed E-state index contributed by atoms with van der Waals surface area (Å²) in [6, 6.07) is 3.35. The number of halogens is 2. The Morgan fingerprint density at radius 3 is 2.78 bits per heavy atom. The predicted octanol–water partition coefficient (Wildman–Crippen LogP) is 3.70. The summed E-state index contributed by atoms with van der Waals surface area (Å²) in [5, 5.41) is 3.58. The van der Waals surface area contributed by atoms with Gasteiger partial charge in [-0.25, -0.2) is 4.98 Å². The maximum absolute atomic E-state index is 12.1. The summed E-state index contributed by atoms with van der Waals surface area (Å²) < 4.78 is 0. The highest BCUT2D eigenvalue weighted by atomic mass is 35.5. The summed E-state index contributed by atoms with van der Waals surface area (Å²) in [6.07, 6.45) is 3.10. The van der Waals surface area contributed by atoms with Gasteiger partial charge in [-0.15, -0.1) is 0 Å². The first-order valence-corrected chi connectivity index (χ1v) is 6.76. The number of hydrogen-bond acceptors (Lipinski definition) is 2. The van der Waals surface area contributed by atoms with Gasteiger partial charge in [-0.05, 0) is 36.8 Å². The van der Waals surface area contributed by atoms with Gasteiger partial charge in [0.1, 0.15) is 10.8 Å². The minimum Gasteiger partial charge on any atom is -0.348 e. The molecule has 1 atom stereocenters. The standard InChI is InChI=1S/C13H16Cl2N2O/c1-13(2)6-5-8(7-13)16-12(18)11-9(14)3-4-10(15)17-11/h3-4,8H,5-7H2,1-2H3,(H,16,18). The molecule has 1 aromatic rings. The van der Waals surface area contributed by atoms with Gasteiger partial charge in [-0.2, -0.15) is 0 Å². The van der Waals surface area contributed by atoms with Crippen LogP contribution in [0, 0.1) is 5.41 Å². The van der Waals surface area contributed by atoms with Crippen LogP contribution in [0.3, 0.4) is 0 Å². The molecule has 1 heterocycles. The highest BCUT2D eigenvalue weighted by molar-refractivity contribution is 6.34. The molecule has 1 aliphatic rings. The van der Waals surface area contributed by atoms with E-state index in [9.17, 15) is 4.79 Å². The summed E-state index contributed by atoms with van der Waals surface area (Å²) in [4.78, 5) is 16.0. The first-order chi connectivity index (χ1) is 8.37. The minimum atomic E-state index is -0.245. The van der Waals surface area contributed by atoms with Crippen molar-refractivity contribution in [3.8, 4) is 0 Å². The van der Waals surface area contributed by atoms with Crippen molar-refractivity contribution < 1.29 is 4.79 Å². The maximum atomic E-state index is 12.1. The van der Waals surface area contributed by atoms with Crippen molar-refractivity contribution in [3.05, 3.63) is 28.0 Å². The number of carbonyl (C=O) groups is 1. The number of aromatic nitrogens is 1. The normalized spacial score (nSPS) is 21.9. The molecule has 1 fully saturated rings. The smallest absolute Gasteiger partial charge is 0.271 e. The first-order valence-electron chi connectivity index (χ1n) is 6.00. The Kier molecular flexibility index (Phi) is 3.83. The average Bonchev–Trinajstić information content (AvgIpc) is 2.61. The van der Waals surface area contributed by atoms with Crippen LogP contribution in [0.2, 0.25) is 10.2 Å². The number of nitrogens with zero attached hydrogens (tertiary/aromatic N) is 1. The van der Waals surface area contributed by atoms with E-state index in [-0.39, 0.29) is 22.8 Å². The molecule has 0 bridgehead atoms. The van der Waals surface area contributed by atoms with Crippen LogP contribution in [0.1, 0.15) is 43.6 Å². The Hall–Kier alpha value is -0.800. The third kappa shape index (κ3) is 3.15. The zero-order valence-corrected chi connectivity index (χ0v) is 12.0. The van der Waals surface area contributed by atoms with Crippen LogP contribution >= 0.6 is 23.2 Å². The second-order valence-electron chi connectivity index (χ2n) is 5.54. The van der Waals surface area contributed by atoms with E-state index < -0.39 is 0 Å². The molecule has 1 unspecified atom stereocenters. The zero-order chi connectivity index (χ0) is 13.3. The molecule has 1 amide bonds. The third-order valence-electron chi connectivity index (χ3n) is 3.33. The van der Waals surface area contributed by atoms with E-state index in [2.05, 4.69) is 24.1 Å². The van der Waals surface area contributed by atoms with Gasteiger partial charge < -0.3 is 5.32 Å². The molecular weight excluding hydrogens is 271 g/mol. The molecule has 5 heteroatoms. The van der Waals surface area contributed by atoms with Gasteiger partial charge in [0.2, 0.25) is 0 Å². The van der Waals surface area contributed by atoms with Crippen LogP contribution in [0.15, 0.2) is 12.1 Å². The van der Waals surface area contributed by atoms with E-state index in [4.69, 9.17) is 23.2 Å². The van der Waals surface area contributed by atoms with Crippen LogP contribution in [-0.4, -0.2) is 16.9 Å². The maximum Gasteiger partial charge on any atom is 0.271 e. The van der Waals surface area contributed by atoms with Crippen molar-refractivity contribution in [2.24, 2.45) is 5.41 Å².